The molecule has 0 aliphatic carbocycles. The second kappa shape index (κ2) is 9.64. The number of ketones is 1. The molecule has 6 aromatic rings. The minimum absolute atomic E-state index is 0.0371. The Morgan fingerprint density at radius 3 is 2.68 bits per heavy atom. The molecular weight excluding hydrogens is 498 g/mol. The van der Waals surface area contributed by atoms with Crippen LogP contribution in [0.15, 0.2) is 61.2 Å². The maximum atomic E-state index is 12.0. The number of Topliss-reactive ketones (excluding diaryl/α,β-unsaturated/α-hetero) is 1. The quantitative estimate of drug-likeness (QED) is 0.214. The Balaban J connectivity index is 1.39. The Kier molecular flexibility index (Phi) is 6.01. The topological polar surface area (TPSA) is 129 Å². The fourth-order valence-electron chi connectivity index (χ4n) is 4.42. The Bertz CT molecular complexity index is 1830. The number of nitrogens with zero attached hydrogens (tertiary/aromatic N) is 4. The average Bonchev–Trinajstić information content (AvgIpc) is 3.66. The summed E-state index contributed by atoms with van der Waals surface area (Å²) in [6, 6.07) is 11.6. The van der Waals surface area contributed by atoms with E-state index in [4.69, 9.17) is 0 Å². The standard InChI is InChI=1S/C28H23N7O2S/c1-3-4-25(37)32-18-9-16(12-29-14-18)17-10-20-26(34-35-28(20)31-13-17)22-11-19-21(33-22)7-8-30-27(19)24-6-5-23(38-24)15(2)36/h5-14,33H,3-4H2,1-2H3,(H,32,37)(H,31,34,35). The molecule has 0 bridgehead atoms. The Morgan fingerprint density at radius 1 is 1.00 bits per heavy atom. The summed E-state index contributed by atoms with van der Waals surface area (Å²) in [6.07, 6.45) is 8.13. The van der Waals surface area contributed by atoms with E-state index in [-0.39, 0.29) is 11.7 Å². The lowest BCUT2D eigenvalue weighted by molar-refractivity contribution is -0.116. The van der Waals surface area contributed by atoms with Crippen LogP contribution < -0.4 is 5.32 Å². The molecule has 1 amide bonds. The van der Waals surface area contributed by atoms with E-state index in [9.17, 15) is 9.59 Å². The number of carbonyl (C=O) groups excluding carboxylic acids is 2. The number of fused-ring (bicyclic) bond motifs is 2. The first-order chi connectivity index (χ1) is 18.5. The number of hydrogen-bond acceptors (Lipinski definition) is 7. The number of aromatic nitrogens is 6. The first kappa shape index (κ1) is 23.7. The van der Waals surface area contributed by atoms with Crippen LogP contribution in [-0.4, -0.2) is 41.8 Å². The Morgan fingerprint density at radius 2 is 1.87 bits per heavy atom. The third-order valence-corrected chi connectivity index (χ3v) is 7.44. The lowest BCUT2D eigenvalue weighted by Gasteiger charge is -2.07. The van der Waals surface area contributed by atoms with Crippen molar-refractivity contribution < 1.29 is 9.59 Å². The van der Waals surface area contributed by atoms with Gasteiger partial charge in [0.15, 0.2) is 11.4 Å². The zero-order valence-corrected chi connectivity index (χ0v) is 21.5. The highest BCUT2D eigenvalue weighted by Crippen LogP contribution is 2.36. The zero-order valence-electron chi connectivity index (χ0n) is 20.7. The van der Waals surface area contributed by atoms with Crippen molar-refractivity contribution in [3.05, 3.63) is 66.1 Å². The van der Waals surface area contributed by atoms with Crippen molar-refractivity contribution in [2.75, 3.05) is 5.32 Å². The highest BCUT2D eigenvalue weighted by atomic mass is 32.1. The highest BCUT2D eigenvalue weighted by Gasteiger charge is 2.17. The molecule has 0 fully saturated rings. The summed E-state index contributed by atoms with van der Waals surface area (Å²) in [7, 11) is 0. The van der Waals surface area contributed by atoms with Crippen LogP contribution in [0.2, 0.25) is 0 Å². The van der Waals surface area contributed by atoms with Crippen LogP contribution in [-0.2, 0) is 4.79 Å². The molecule has 0 aliphatic heterocycles. The molecule has 38 heavy (non-hydrogen) atoms. The largest absolute Gasteiger partial charge is 0.353 e. The number of hydrogen-bond donors (Lipinski definition) is 3. The molecule has 9 nitrogen and oxygen atoms in total. The molecule has 3 N–H and O–H groups in total. The van der Waals surface area contributed by atoms with Crippen LogP contribution in [0.25, 0.3) is 55.0 Å². The first-order valence-corrected chi connectivity index (χ1v) is 13.0. The molecule has 0 unspecified atom stereocenters. The molecule has 6 rings (SSSR count). The van der Waals surface area contributed by atoms with E-state index in [1.54, 1.807) is 31.7 Å². The van der Waals surface area contributed by atoms with Crippen molar-refractivity contribution >= 4 is 50.7 Å². The molecule has 0 aromatic carbocycles. The van der Waals surface area contributed by atoms with Crippen LogP contribution in [0.5, 0.6) is 0 Å². The second-order valence-corrected chi connectivity index (χ2v) is 10.1. The number of H-pyrrole nitrogens is 2. The minimum Gasteiger partial charge on any atom is -0.353 e. The van der Waals surface area contributed by atoms with Crippen molar-refractivity contribution in [2.24, 2.45) is 0 Å². The normalized spacial score (nSPS) is 11.3. The molecule has 188 valence electrons. The van der Waals surface area contributed by atoms with Gasteiger partial charge in [-0.3, -0.25) is 24.7 Å². The molecule has 0 radical (unpaired) electrons. The predicted molar refractivity (Wildman–Crippen MR) is 149 cm³/mol. The molecule has 0 aliphatic rings. The number of rotatable bonds is 7. The molecule has 0 saturated heterocycles. The molecule has 6 heterocycles. The van der Waals surface area contributed by atoms with Crippen molar-refractivity contribution in [1.82, 2.24) is 30.1 Å². The lowest BCUT2D eigenvalue weighted by atomic mass is 10.1. The third-order valence-electron chi connectivity index (χ3n) is 6.25. The monoisotopic (exact) mass is 521 g/mol. The summed E-state index contributed by atoms with van der Waals surface area (Å²) >= 11 is 1.44. The van der Waals surface area contributed by atoms with Gasteiger partial charge in [-0.25, -0.2) is 4.98 Å². The molecule has 6 aromatic heterocycles. The summed E-state index contributed by atoms with van der Waals surface area (Å²) in [6.45, 7) is 3.53. The van der Waals surface area contributed by atoms with Gasteiger partial charge in [0.2, 0.25) is 5.91 Å². The molecular formula is C28H23N7O2S. The molecule has 0 spiro atoms. The fourth-order valence-corrected chi connectivity index (χ4v) is 5.33. The lowest BCUT2D eigenvalue weighted by Crippen LogP contribution is -2.10. The van der Waals surface area contributed by atoms with E-state index < -0.39 is 0 Å². The van der Waals surface area contributed by atoms with Gasteiger partial charge in [-0.2, -0.15) is 5.10 Å². The van der Waals surface area contributed by atoms with E-state index >= 15 is 0 Å². The number of carbonyl (C=O) groups is 2. The van der Waals surface area contributed by atoms with Crippen molar-refractivity contribution in [3.8, 4) is 33.1 Å². The van der Waals surface area contributed by atoms with Crippen molar-refractivity contribution in [3.63, 3.8) is 0 Å². The summed E-state index contributed by atoms with van der Waals surface area (Å²) in [4.78, 5) is 42.4. The van der Waals surface area contributed by atoms with E-state index in [0.29, 0.717) is 22.6 Å². The van der Waals surface area contributed by atoms with Gasteiger partial charge in [-0.15, -0.1) is 11.3 Å². The number of aromatic amines is 2. The Hall–Kier alpha value is -4.70. The third kappa shape index (κ3) is 4.35. The van der Waals surface area contributed by atoms with Gasteiger partial charge in [0.1, 0.15) is 0 Å². The Labute approximate surface area is 221 Å². The van der Waals surface area contributed by atoms with E-state index in [1.807, 2.05) is 43.3 Å². The number of amides is 1. The molecule has 0 saturated carbocycles. The minimum atomic E-state index is -0.0371. The van der Waals surface area contributed by atoms with Gasteiger partial charge in [0.25, 0.3) is 0 Å². The number of thiophene rings is 1. The zero-order chi connectivity index (χ0) is 26.2. The predicted octanol–water partition coefficient (Wildman–Crippen LogP) is 6.23. The van der Waals surface area contributed by atoms with E-state index in [0.717, 1.165) is 55.8 Å². The van der Waals surface area contributed by atoms with Crippen LogP contribution in [0.1, 0.15) is 36.4 Å². The summed E-state index contributed by atoms with van der Waals surface area (Å²) in [5.41, 5.74) is 6.31. The van der Waals surface area contributed by atoms with Gasteiger partial charge >= 0.3 is 0 Å². The van der Waals surface area contributed by atoms with Gasteiger partial charge in [0.05, 0.1) is 38.7 Å². The van der Waals surface area contributed by atoms with Crippen LogP contribution in [0.4, 0.5) is 5.69 Å². The van der Waals surface area contributed by atoms with Crippen LogP contribution in [0, 0.1) is 0 Å². The van der Waals surface area contributed by atoms with E-state index in [1.165, 1.54) is 11.3 Å². The van der Waals surface area contributed by atoms with Crippen molar-refractivity contribution in [1.29, 1.82) is 0 Å². The van der Waals surface area contributed by atoms with Gasteiger partial charge in [-0.1, -0.05) is 6.92 Å². The van der Waals surface area contributed by atoms with Gasteiger partial charge in [0, 0.05) is 52.4 Å². The van der Waals surface area contributed by atoms with Gasteiger partial charge in [-0.05, 0) is 49.7 Å². The van der Waals surface area contributed by atoms with Crippen molar-refractivity contribution in [2.45, 2.75) is 26.7 Å². The van der Waals surface area contributed by atoms with Crippen LogP contribution >= 0.6 is 11.3 Å². The fraction of sp³-hybridized carbons (Fsp3) is 0.143. The number of anilines is 1. The maximum Gasteiger partial charge on any atom is 0.224 e. The van der Waals surface area contributed by atoms with Crippen LogP contribution in [0.3, 0.4) is 0 Å². The average molecular weight is 522 g/mol. The van der Waals surface area contributed by atoms with Gasteiger partial charge < -0.3 is 10.3 Å². The van der Waals surface area contributed by atoms with E-state index in [2.05, 4.69) is 35.5 Å². The SMILES string of the molecule is CCCC(=O)Nc1cncc(-c2cnc3n[nH]c(-c4cc5c(-c6ccc(C(C)=O)s6)nccc5[nH]4)c3c2)c1. The maximum absolute atomic E-state index is 12.0. The first-order valence-electron chi connectivity index (χ1n) is 12.2. The summed E-state index contributed by atoms with van der Waals surface area (Å²) in [5.74, 6) is 0.00405. The highest BCUT2D eigenvalue weighted by molar-refractivity contribution is 7.17. The second-order valence-electron chi connectivity index (χ2n) is 8.98. The summed E-state index contributed by atoms with van der Waals surface area (Å²) in [5, 5.41) is 12.2. The smallest absolute Gasteiger partial charge is 0.224 e. The molecule has 0 atom stereocenters. The summed E-state index contributed by atoms with van der Waals surface area (Å²) < 4.78 is 0. The molecule has 10 heteroatoms. The number of nitrogens with one attached hydrogen (secondary N) is 3. The number of pyridine rings is 3.